The quantitative estimate of drug-likeness (QED) is 0.923. The van der Waals surface area contributed by atoms with Crippen molar-refractivity contribution in [3.05, 3.63) is 48.5 Å². The second kappa shape index (κ2) is 7.37. The fourth-order valence-corrected chi connectivity index (χ4v) is 3.68. The first-order valence-electron chi connectivity index (χ1n) is 9.02. The van der Waals surface area contributed by atoms with E-state index in [1.54, 1.807) is 12.5 Å². The lowest BCUT2D eigenvalue weighted by atomic mass is 10.0. The van der Waals surface area contributed by atoms with E-state index in [4.69, 9.17) is 4.74 Å². The summed E-state index contributed by atoms with van der Waals surface area (Å²) in [5, 5.41) is 3.01. The topological polar surface area (TPSA) is 59.4 Å². The molecule has 1 amide bonds. The largest absolute Gasteiger partial charge is 0.373 e. The first kappa shape index (κ1) is 16.3. The van der Waals surface area contributed by atoms with Crippen LogP contribution in [-0.4, -0.2) is 58.7 Å². The van der Waals surface area contributed by atoms with E-state index in [0.717, 1.165) is 25.4 Å². The molecular formula is C19H24N4O2. The summed E-state index contributed by atoms with van der Waals surface area (Å²) < 4.78 is 7.84. The van der Waals surface area contributed by atoms with Gasteiger partial charge in [0.1, 0.15) is 0 Å². The Morgan fingerprint density at radius 1 is 1.28 bits per heavy atom. The summed E-state index contributed by atoms with van der Waals surface area (Å²) in [6.45, 7) is 3.43. The van der Waals surface area contributed by atoms with Gasteiger partial charge in [-0.1, -0.05) is 6.42 Å². The smallest absolute Gasteiger partial charge is 0.251 e. The Hall–Kier alpha value is -2.18. The van der Waals surface area contributed by atoms with Gasteiger partial charge in [-0.3, -0.25) is 9.69 Å². The van der Waals surface area contributed by atoms with Gasteiger partial charge in [0.25, 0.3) is 5.91 Å². The van der Waals surface area contributed by atoms with Crippen LogP contribution in [0.25, 0.3) is 5.69 Å². The second-order valence-electron chi connectivity index (χ2n) is 6.83. The maximum absolute atomic E-state index is 12.4. The molecule has 6 nitrogen and oxygen atoms in total. The van der Waals surface area contributed by atoms with Gasteiger partial charge in [-0.15, -0.1) is 0 Å². The highest BCUT2D eigenvalue weighted by molar-refractivity contribution is 5.94. The average Bonchev–Trinajstić information content (AvgIpc) is 3.21. The first-order chi connectivity index (χ1) is 12.3. The van der Waals surface area contributed by atoms with Crippen molar-refractivity contribution in [3.63, 3.8) is 0 Å². The van der Waals surface area contributed by atoms with Gasteiger partial charge >= 0.3 is 0 Å². The summed E-state index contributed by atoms with van der Waals surface area (Å²) in [4.78, 5) is 18.9. The number of nitrogens with zero attached hydrogens (tertiary/aromatic N) is 3. The van der Waals surface area contributed by atoms with Crippen molar-refractivity contribution < 1.29 is 9.53 Å². The average molecular weight is 340 g/mol. The maximum atomic E-state index is 12.4. The molecule has 6 heteroatoms. The fourth-order valence-electron chi connectivity index (χ4n) is 3.68. The maximum Gasteiger partial charge on any atom is 0.251 e. The van der Waals surface area contributed by atoms with E-state index in [1.807, 2.05) is 35.0 Å². The van der Waals surface area contributed by atoms with Crippen molar-refractivity contribution in [2.24, 2.45) is 0 Å². The Kier molecular flexibility index (Phi) is 4.81. The van der Waals surface area contributed by atoms with Gasteiger partial charge in [0.05, 0.1) is 19.0 Å². The minimum Gasteiger partial charge on any atom is -0.373 e. The zero-order valence-corrected chi connectivity index (χ0v) is 14.3. The van der Waals surface area contributed by atoms with Gasteiger partial charge in [-0.05, 0) is 43.7 Å². The molecule has 2 saturated heterocycles. The number of carbonyl (C=O) groups is 1. The van der Waals surface area contributed by atoms with Crippen LogP contribution in [0.2, 0.25) is 0 Å². The number of fused-ring (bicyclic) bond motifs is 1. The molecule has 2 aliphatic rings. The predicted molar refractivity (Wildman–Crippen MR) is 94.8 cm³/mol. The van der Waals surface area contributed by atoms with Gasteiger partial charge in [0.2, 0.25) is 0 Å². The van der Waals surface area contributed by atoms with Crippen LogP contribution >= 0.6 is 0 Å². The third-order valence-corrected chi connectivity index (χ3v) is 5.13. The molecule has 0 radical (unpaired) electrons. The number of ether oxygens (including phenoxy) is 1. The molecule has 0 spiro atoms. The van der Waals surface area contributed by atoms with Crippen LogP contribution in [0, 0.1) is 0 Å². The highest BCUT2D eigenvalue weighted by atomic mass is 16.5. The number of hydrogen-bond donors (Lipinski definition) is 1. The number of nitrogens with one attached hydrogen (secondary N) is 1. The van der Waals surface area contributed by atoms with Crippen LogP contribution in [0.15, 0.2) is 43.0 Å². The predicted octanol–water partition coefficient (Wildman–Crippen LogP) is 1.86. The zero-order valence-electron chi connectivity index (χ0n) is 14.3. The highest BCUT2D eigenvalue weighted by Crippen LogP contribution is 2.21. The third-order valence-electron chi connectivity index (χ3n) is 5.13. The number of aromatic nitrogens is 2. The Labute approximate surface area is 147 Å². The Morgan fingerprint density at radius 3 is 2.96 bits per heavy atom. The molecule has 2 aliphatic heterocycles. The number of imidazole rings is 1. The van der Waals surface area contributed by atoms with E-state index in [0.29, 0.717) is 18.2 Å². The van der Waals surface area contributed by atoms with Crippen molar-refractivity contribution in [1.82, 2.24) is 19.8 Å². The van der Waals surface area contributed by atoms with E-state index < -0.39 is 0 Å². The number of morpholine rings is 1. The molecule has 3 heterocycles. The van der Waals surface area contributed by atoms with Crippen LogP contribution in [0.5, 0.6) is 0 Å². The number of rotatable bonds is 4. The van der Waals surface area contributed by atoms with Crippen molar-refractivity contribution in [1.29, 1.82) is 0 Å². The summed E-state index contributed by atoms with van der Waals surface area (Å²) in [6, 6.07) is 8.11. The molecule has 4 rings (SSSR count). The van der Waals surface area contributed by atoms with Gasteiger partial charge in [0.15, 0.2) is 0 Å². The summed E-state index contributed by atoms with van der Waals surface area (Å²) >= 11 is 0. The lowest BCUT2D eigenvalue weighted by Crippen LogP contribution is -2.54. The van der Waals surface area contributed by atoms with Gasteiger partial charge in [-0.2, -0.15) is 0 Å². The molecule has 0 aliphatic carbocycles. The minimum atomic E-state index is -0.0541. The standard InChI is InChI=1S/C19H24N4O2/c24-19(15-4-6-16(7-5-15)23-10-8-20-14-23)21-11-18-12-22-9-2-1-3-17(22)13-25-18/h4-8,10,14,17-18H,1-3,9,11-13H2,(H,21,24). The molecule has 25 heavy (non-hydrogen) atoms. The molecule has 132 valence electrons. The van der Waals surface area contributed by atoms with E-state index >= 15 is 0 Å². The molecule has 2 unspecified atom stereocenters. The molecule has 1 aromatic carbocycles. The fraction of sp³-hybridized carbons (Fsp3) is 0.474. The van der Waals surface area contributed by atoms with Crippen LogP contribution in [-0.2, 0) is 4.74 Å². The third kappa shape index (κ3) is 3.75. The normalized spacial score (nSPS) is 23.8. The van der Waals surface area contributed by atoms with Gasteiger partial charge < -0.3 is 14.6 Å². The minimum absolute atomic E-state index is 0.0541. The highest BCUT2D eigenvalue weighted by Gasteiger charge is 2.30. The van der Waals surface area contributed by atoms with Crippen molar-refractivity contribution in [2.75, 3.05) is 26.2 Å². The summed E-state index contributed by atoms with van der Waals surface area (Å²) in [5.74, 6) is -0.0541. The zero-order chi connectivity index (χ0) is 17.1. The Bertz CT molecular complexity index is 699. The molecule has 0 bridgehead atoms. The van der Waals surface area contributed by atoms with E-state index in [9.17, 15) is 4.79 Å². The van der Waals surface area contributed by atoms with Crippen molar-refractivity contribution >= 4 is 5.91 Å². The molecule has 2 fully saturated rings. The summed E-state index contributed by atoms with van der Waals surface area (Å²) in [5.41, 5.74) is 1.65. The number of benzene rings is 1. The number of piperidine rings is 1. The molecular weight excluding hydrogens is 316 g/mol. The Morgan fingerprint density at radius 2 is 2.16 bits per heavy atom. The SMILES string of the molecule is O=C(NCC1CN2CCCCC2CO1)c1ccc(-n2ccnc2)cc1. The molecule has 1 aromatic heterocycles. The number of hydrogen-bond acceptors (Lipinski definition) is 4. The summed E-state index contributed by atoms with van der Waals surface area (Å²) in [6.07, 6.45) is 9.26. The van der Waals surface area contributed by atoms with Crippen molar-refractivity contribution in [3.8, 4) is 5.69 Å². The van der Waals surface area contributed by atoms with Gasteiger partial charge in [0, 0.05) is 42.8 Å². The van der Waals surface area contributed by atoms with E-state index in [1.165, 1.54) is 19.3 Å². The van der Waals surface area contributed by atoms with E-state index in [-0.39, 0.29) is 12.0 Å². The lowest BCUT2D eigenvalue weighted by Gasteiger charge is -2.42. The second-order valence-corrected chi connectivity index (χ2v) is 6.83. The lowest BCUT2D eigenvalue weighted by molar-refractivity contribution is -0.0725. The van der Waals surface area contributed by atoms with E-state index in [2.05, 4.69) is 15.2 Å². The Balaban J connectivity index is 1.30. The van der Waals surface area contributed by atoms with Crippen LogP contribution in [0.4, 0.5) is 0 Å². The summed E-state index contributed by atoms with van der Waals surface area (Å²) in [7, 11) is 0. The number of amides is 1. The molecule has 1 N–H and O–H groups in total. The molecule has 0 saturated carbocycles. The first-order valence-corrected chi connectivity index (χ1v) is 9.02. The monoisotopic (exact) mass is 340 g/mol. The van der Waals surface area contributed by atoms with Gasteiger partial charge in [-0.25, -0.2) is 4.98 Å². The molecule has 2 atom stereocenters. The molecule has 2 aromatic rings. The van der Waals surface area contributed by atoms with Crippen molar-refractivity contribution in [2.45, 2.75) is 31.4 Å². The van der Waals surface area contributed by atoms with Crippen LogP contribution in [0.3, 0.4) is 0 Å². The van der Waals surface area contributed by atoms with Crippen LogP contribution in [0.1, 0.15) is 29.6 Å². The number of carbonyl (C=O) groups excluding carboxylic acids is 1. The van der Waals surface area contributed by atoms with Crippen LogP contribution < -0.4 is 5.32 Å².